The van der Waals surface area contributed by atoms with Crippen molar-refractivity contribution in [1.82, 2.24) is 39.2 Å². The van der Waals surface area contributed by atoms with Gasteiger partial charge in [-0.05, 0) is 167 Å². The van der Waals surface area contributed by atoms with Crippen LogP contribution in [0.2, 0.25) is 103 Å². The average Bonchev–Trinajstić information content (AvgIpc) is 1.30. The van der Waals surface area contributed by atoms with Gasteiger partial charge in [-0.1, -0.05) is 116 Å². The van der Waals surface area contributed by atoms with Gasteiger partial charge in [0.15, 0.2) is 29.2 Å². The molecule has 106 heavy (non-hydrogen) atoms. The Kier molecular flexibility index (Phi) is 32.1. The van der Waals surface area contributed by atoms with Crippen LogP contribution < -0.4 is 48.8 Å². The molecule has 0 spiro atoms. The van der Waals surface area contributed by atoms with Crippen molar-refractivity contribution in [3.05, 3.63) is 117 Å². The van der Waals surface area contributed by atoms with E-state index in [4.69, 9.17) is 63.7 Å². The molecule has 4 bridgehead atoms. The van der Waals surface area contributed by atoms with Gasteiger partial charge in [0.1, 0.15) is 38.4 Å². The summed E-state index contributed by atoms with van der Waals surface area (Å²) in [5.74, 6) is 6.91. The molecule has 4 aliphatic carbocycles. The van der Waals surface area contributed by atoms with Crippen LogP contribution in [0.3, 0.4) is 0 Å². The second-order valence-corrected chi connectivity index (χ2v) is 57.9. The Morgan fingerprint density at radius 2 is 0.858 bits per heavy atom. The monoisotopic (exact) mass is 1650 g/mol. The zero-order valence-electron chi connectivity index (χ0n) is 66.9. The van der Waals surface area contributed by atoms with E-state index in [2.05, 4.69) is 132 Å². The number of anilines is 2. The van der Waals surface area contributed by atoms with Crippen molar-refractivity contribution >= 4 is 102 Å². The molecule has 569 valence electrons. The molecule has 4 aliphatic rings. The first kappa shape index (κ1) is 87.1. The number of rotatable bonds is 32. The van der Waals surface area contributed by atoms with E-state index in [1.807, 2.05) is 76.3 Å². The van der Waals surface area contributed by atoms with E-state index in [0.29, 0.717) is 55.8 Å². The fourth-order valence-electron chi connectivity index (χ4n) is 14.9. The van der Waals surface area contributed by atoms with Gasteiger partial charge in [-0.3, -0.25) is 14.8 Å². The van der Waals surface area contributed by atoms with Crippen LogP contribution in [0.15, 0.2) is 94.4 Å². The van der Waals surface area contributed by atoms with Crippen LogP contribution in [-0.2, 0) is 25.6 Å². The second kappa shape index (κ2) is 39.1. The minimum atomic E-state index is -1.26. The van der Waals surface area contributed by atoms with E-state index >= 15 is 0 Å². The van der Waals surface area contributed by atoms with Gasteiger partial charge >= 0.3 is 29.6 Å². The van der Waals surface area contributed by atoms with Crippen molar-refractivity contribution in [1.29, 1.82) is 0 Å². The van der Waals surface area contributed by atoms with Gasteiger partial charge in [-0.15, -0.1) is 0 Å². The number of aromatic nitrogens is 8. The molecule has 2 unspecified atom stereocenters. The Morgan fingerprint density at radius 1 is 0.509 bits per heavy atom. The first-order valence-corrected chi connectivity index (χ1v) is 53.8. The van der Waals surface area contributed by atoms with E-state index in [1.54, 1.807) is 20.3 Å². The largest absolute Gasteiger partial charge is 1.00 e. The molecule has 0 aliphatic heterocycles. The third-order valence-electron chi connectivity index (χ3n) is 20.8. The first-order valence-electron chi connectivity index (χ1n) is 37.4. The number of carbonyl (C=O) groups excluding carboxylic acids is 1. The summed E-state index contributed by atoms with van der Waals surface area (Å²) in [5.41, 5.74) is 12.2. The predicted octanol–water partition coefficient (Wildman–Crippen LogP) is 15.6. The number of hydrogen-bond donors (Lipinski definition) is 2. The van der Waals surface area contributed by atoms with E-state index in [9.17, 15) is 9.90 Å². The molecule has 6 heterocycles. The fourth-order valence-corrected chi connectivity index (χ4v) is 19.6. The second-order valence-electron chi connectivity index (χ2n) is 33.9. The van der Waals surface area contributed by atoms with Crippen LogP contribution >= 0.6 is 31.9 Å². The summed E-state index contributed by atoms with van der Waals surface area (Å²) < 4.78 is 42.3. The molecule has 4 saturated carbocycles. The number of aliphatic hydroxyl groups is 2. The van der Waals surface area contributed by atoms with Crippen LogP contribution in [0.5, 0.6) is 11.5 Å². The summed E-state index contributed by atoms with van der Waals surface area (Å²) >= 11 is 8.20. The fraction of sp³-hybridized carbons (Fsp3) is 0.557. The minimum absolute atomic E-state index is 0. The van der Waals surface area contributed by atoms with Gasteiger partial charge in [0, 0.05) is 137 Å². The number of methoxy groups -OCH3 is 2. The van der Waals surface area contributed by atoms with Crippen molar-refractivity contribution in [2.75, 3.05) is 84.5 Å². The first-order chi connectivity index (χ1) is 49.7. The number of nitrogens with zero attached hydrogens (tertiary/aromatic N) is 10. The van der Waals surface area contributed by atoms with Gasteiger partial charge < -0.3 is 49.9 Å². The van der Waals surface area contributed by atoms with Crippen LogP contribution in [-0.4, -0.2) is 171 Å². The van der Waals surface area contributed by atoms with Crippen molar-refractivity contribution in [3.63, 3.8) is 0 Å². The smallest absolute Gasteiger partial charge is 1.00 e. The molecule has 4 fully saturated rings. The number of ether oxygens (including phenoxy) is 6. The van der Waals surface area contributed by atoms with Crippen LogP contribution in [0.1, 0.15) is 105 Å². The Hall–Kier alpha value is -4.50. The molecule has 8 aromatic rings. The van der Waals surface area contributed by atoms with E-state index in [0.717, 1.165) is 181 Å². The van der Waals surface area contributed by atoms with Gasteiger partial charge in [0.25, 0.3) is 0 Å². The molecule has 2 aromatic carbocycles. The Morgan fingerprint density at radius 3 is 1.18 bits per heavy atom. The molecule has 3 radical (unpaired) electrons. The third kappa shape index (κ3) is 22.9. The van der Waals surface area contributed by atoms with Crippen molar-refractivity contribution < 1.29 is 74.4 Å². The summed E-state index contributed by atoms with van der Waals surface area (Å²) in [6, 6.07) is 23.9. The maximum absolute atomic E-state index is 11.7. The number of halogens is 2. The molecule has 12 rings (SSSR count). The Bertz CT molecular complexity index is 4100. The average molecular weight is 1650 g/mol. The zero-order chi connectivity index (χ0) is 74.7. The summed E-state index contributed by atoms with van der Waals surface area (Å²) in [4.78, 5) is 36.6. The molecule has 2 N–H and O–H groups in total. The summed E-state index contributed by atoms with van der Waals surface area (Å²) in [6.07, 6.45) is 21.1. The number of aldehydes is 1. The van der Waals surface area contributed by atoms with E-state index < -0.39 is 32.3 Å². The summed E-state index contributed by atoms with van der Waals surface area (Å²) in [5, 5.41) is 26.8. The number of benzene rings is 2. The topological polar surface area (TPSA) is 206 Å². The Labute approximate surface area is 676 Å². The molecule has 27 heteroatoms. The maximum Gasteiger partial charge on any atom is 1.00 e. The quantitative estimate of drug-likeness (QED) is 0.0174. The maximum atomic E-state index is 11.7. The number of pyridine rings is 2. The third-order valence-corrected chi connectivity index (χ3v) is 29.2. The minimum Gasteiger partial charge on any atom is -1.00 e. The SMILES string of the molecule is CO.COc1ccc(-c2ccc(-c3cnn4c(N(COCC[Si](C)(C)C)COCC[Si](C)(C)C)c(Br)c(C5C[C@H]6CC[C@@H](C5)C6)nc34)cn2)cc1C=O.COc1ccc(-c2ccc(-c3cnn4c(N(COCC[Si](C)(C)C)COCC[Si](C)(C)C)c(Br)c(C5C[C@H]6CC[C@@H](C5)C6)nc34)cn2)cc1CO.[B].[H-].[Na+]. The molecule has 0 amide bonds. The van der Waals surface area contributed by atoms with Gasteiger partial charge in [0.05, 0.1) is 70.5 Å². The number of carbonyl (C=O) groups is 1. The van der Waals surface area contributed by atoms with Gasteiger partial charge in [-0.25, -0.2) is 9.97 Å². The Balaban J connectivity index is 0.000000284. The van der Waals surface area contributed by atoms with Crippen molar-refractivity contribution in [3.8, 4) is 56.3 Å². The van der Waals surface area contributed by atoms with Gasteiger partial charge in [0.2, 0.25) is 0 Å². The van der Waals surface area contributed by atoms with E-state index in [1.165, 1.54) is 64.2 Å². The zero-order valence-corrected chi connectivity index (χ0v) is 75.1. The standard InChI is InChI=1S/C39H56BrN5O4Si2.C39H54BrN5O4Si2.CH4O.B.Na.H/c2*1-47-35-13-11-29(21-32(35)24-46)34-12-10-30(22-41-34)33-23-42-45-38(33)43-37(31-19-27-8-9-28(18-27)20-31)36(40)39(45)44(25-48-14-16-50(2,3)4)26-49-15-17-51(5,6)7;1-2;;;/h10-13,21-23,27-28,31,46H,8-9,14-20,24-26H2,1-7H3;10-13,21-24,27-28,31H,8-9,14-20,25-26H2,1-7H3;2H,1H3;;;/q;;;;+1;-1/t2*27-,28+,31?;;;;. The van der Waals surface area contributed by atoms with Crippen LogP contribution in [0, 0.1) is 23.7 Å². The number of aliphatic hydroxyl groups excluding tert-OH is 2. The van der Waals surface area contributed by atoms with Crippen LogP contribution in [0.25, 0.3) is 56.1 Å². The predicted molar refractivity (Wildman–Crippen MR) is 445 cm³/mol. The van der Waals surface area contributed by atoms with Crippen LogP contribution in [0.4, 0.5) is 11.6 Å². The summed E-state index contributed by atoms with van der Waals surface area (Å²) in [6.45, 7) is 33.0. The molecule has 19 nitrogen and oxygen atoms in total. The normalized spacial score (nSPS) is 18.5. The number of fused-ring (bicyclic) bond motifs is 6. The number of hydrogen-bond acceptors (Lipinski definition) is 17. The van der Waals surface area contributed by atoms with E-state index in [-0.39, 0.29) is 46.0 Å². The molecular weight excluding hydrogens is 1540 g/mol. The summed E-state index contributed by atoms with van der Waals surface area (Å²) in [7, 11) is -0.843. The molecular formula is C79H115BBr2N10NaO9Si4. The van der Waals surface area contributed by atoms with Crippen molar-refractivity contribution in [2.24, 2.45) is 23.7 Å². The molecule has 6 atom stereocenters. The van der Waals surface area contributed by atoms with Gasteiger partial charge in [-0.2, -0.15) is 19.2 Å². The molecule has 6 aromatic heterocycles. The van der Waals surface area contributed by atoms with Crippen molar-refractivity contribution in [2.45, 2.75) is 185 Å². The molecule has 0 saturated heterocycles.